The summed E-state index contributed by atoms with van der Waals surface area (Å²) >= 11 is 0. The molecule has 0 unspecified atom stereocenters. The lowest BCUT2D eigenvalue weighted by Crippen LogP contribution is -2.29. The number of hydrogen-bond donors (Lipinski definition) is 0. The molecule has 1 aromatic carbocycles. The monoisotopic (exact) mass is 246 g/mol. The fourth-order valence-corrected chi connectivity index (χ4v) is 1.95. The Morgan fingerprint density at radius 1 is 1.21 bits per heavy atom. The van der Waals surface area contributed by atoms with Gasteiger partial charge >= 0.3 is 0 Å². The normalized spacial score (nSPS) is 18.7. The lowest BCUT2D eigenvalue weighted by atomic mass is 10.1. The second-order valence-corrected chi connectivity index (χ2v) is 4.01. The van der Waals surface area contributed by atoms with Crippen LogP contribution in [0.4, 0.5) is 0 Å². The Morgan fingerprint density at radius 3 is 2.84 bits per heavy atom. The maximum atomic E-state index is 8.89. The van der Waals surface area contributed by atoms with Crippen LogP contribution in [0.1, 0.15) is 5.56 Å². The van der Waals surface area contributed by atoms with E-state index in [0.29, 0.717) is 5.84 Å². The molecule has 0 N–H and O–H groups in total. The van der Waals surface area contributed by atoms with Gasteiger partial charge in [0.05, 0.1) is 23.7 Å². The van der Waals surface area contributed by atoms with Crippen LogP contribution in [-0.4, -0.2) is 17.0 Å². The molecule has 0 amide bonds. The topological polar surface area (TPSA) is 51.8 Å². The summed E-state index contributed by atoms with van der Waals surface area (Å²) < 4.78 is 0. The summed E-state index contributed by atoms with van der Waals surface area (Å²) in [7, 11) is 0. The summed E-state index contributed by atoms with van der Waals surface area (Å²) in [6.07, 6.45) is 8.54. The van der Waals surface area contributed by atoms with E-state index in [1.807, 2.05) is 41.3 Å². The maximum absolute atomic E-state index is 8.89. The number of fused-ring (bicyclic) bond motifs is 1. The van der Waals surface area contributed by atoms with Crippen LogP contribution in [0.3, 0.4) is 0 Å². The van der Waals surface area contributed by atoms with Crippen LogP contribution in [0.25, 0.3) is 5.70 Å². The van der Waals surface area contributed by atoms with Gasteiger partial charge in [-0.3, -0.25) is 9.89 Å². The Labute approximate surface area is 111 Å². The highest BCUT2D eigenvalue weighted by atomic mass is 15.2. The Balaban J connectivity index is 2.10. The van der Waals surface area contributed by atoms with Crippen molar-refractivity contribution in [3.05, 3.63) is 66.1 Å². The summed E-state index contributed by atoms with van der Waals surface area (Å²) in [6, 6.07) is 11.9. The van der Waals surface area contributed by atoms with Crippen molar-refractivity contribution in [3.63, 3.8) is 0 Å². The maximum Gasteiger partial charge on any atom is 0.156 e. The number of allylic oxidation sites excluding steroid dienone is 2. The van der Waals surface area contributed by atoms with E-state index in [1.54, 1.807) is 18.6 Å². The molecule has 0 saturated heterocycles. The Hall–Kier alpha value is -2.93. The van der Waals surface area contributed by atoms with Gasteiger partial charge in [-0.1, -0.05) is 30.3 Å². The molecule has 19 heavy (non-hydrogen) atoms. The van der Waals surface area contributed by atoms with Crippen LogP contribution in [0.15, 0.2) is 70.6 Å². The molecule has 0 spiro atoms. The minimum Gasteiger partial charge on any atom is -0.298 e. The van der Waals surface area contributed by atoms with Crippen molar-refractivity contribution in [2.45, 2.75) is 0 Å². The minimum atomic E-state index is 0.713. The molecule has 3 rings (SSSR count). The first kappa shape index (κ1) is 11.2. The second kappa shape index (κ2) is 4.75. The molecule has 0 atom stereocenters. The Morgan fingerprint density at radius 2 is 2.05 bits per heavy atom. The lowest BCUT2D eigenvalue weighted by molar-refractivity contribution is 0.711. The van der Waals surface area contributed by atoms with Crippen molar-refractivity contribution in [2.24, 2.45) is 9.98 Å². The number of nitrogens with zero attached hydrogens (tertiary/aromatic N) is 4. The average Bonchev–Trinajstić information content (AvgIpc) is 2.48. The van der Waals surface area contributed by atoms with Crippen LogP contribution in [0, 0.1) is 11.3 Å². The zero-order valence-electron chi connectivity index (χ0n) is 10.1. The summed E-state index contributed by atoms with van der Waals surface area (Å²) in [6.45, 7) is 0. The summed E-state index contributed by atoms with van der Waals surface area (Å²) in [4.78, 5) is 10.5. The van der Waals surface area contributed by atoms with E-state index in [1.165, 1.54) is 6.08 Å². The molecule has 4 nitrogen and oxygen atoms in total. The van der Waals surface area contributed by atoms with Gasteiger partial charge in [0, 0.05) is 24.0 Å². The van der Waals surface area contributed by atoms with Crippen molar-refractivity contribution in [2.75, 3.05) is 0 Å². The number of hydrogen-bond acceptors (Lipinski definition) is 4. The first-order valence-corrected chi connectivity index (χ1v) is 5.83. The van der Waals surface area contributed by atoms with Gasteiger partial charge in [0.25, 0.3) is 0 Å². The molecule has 2 aliphatic rings. The number of nitriles is 1. The first-order chi connectivity index (χ1) is 9.38. The van der Waals surface area contributed by atoms with E-state index in [2.05, 4.69) is 16.1 Å². The molecule has 4 heteroatoms. The van der Waals surface area contributed by atoms with Gasteiger partial charge in [0.15, 0.2) is 5.84 Å². The van der Waals surface area contributed by atoms with Crippen molar-refractivity contribution in [3.8, 4) is 6.07 Å². The van der Waals surface area contributed by atoms with Crippen LogP contribution in [-0.2, 0) is 0 Å². The molecule has 2 aliphatic heterocycles. The van der Waals surface area contributed by atoms with Crippen LogP contribution in [0.5, 0.6) is 0 Å². The minimum absolute atomic E-state index is 0.713. The van der Waals surface area contributed by atoms with Crippen LogP contribution in [0.2, 0.25) is 0 Å². The summed E-state index contributed by atoms with van der Waals surface area (Å²) in [5, 5.41) is 8.89. The SMILES string of the molecule is N#C/C=C1/C=C(c2ccccc2)N=C2C=NC=CN21. The number of amidine groups is 1. The third-order valence-electron chi connectivity index (χ3n) is 2.82. The molecule has 90 valence electrons. The number of benzene rings is 1. The fourth-order valence-electron chi connectivity index (χ4n) is 1.95. The molecule has 0 bridgehead atoms. The van der Waals surface area contributed by atoms with E-state index in [0.717, 1.165) is 17.0 Å². The van der Waals surface area contributed by atoms with Gasteiger partial charge < -0.3 is 0 Å². The van der Waals surface area contributed by atoms with Gasteiger partial charge in [-0.25, -0.2) is 4.99 Å². The van der Waals surface area contributed by atoms with Crippen molar-refractivity contribution in [1.82, 2.24) is 4.90 Å². The lowest BCUT2D eigenvalue weighted by Gasteiger charge is -2.26. The molecule has 1 aromatic rings. The predicted molar refractivity (Wildman–Crippen MR) is 75.0 cm³/mol. The zero-order chi connectivity index (χ0) is 13.1. The van der Waals surface area contributed by atoms with E-state index >= 15 is 0 Å². The summed E-state index contributed by atoms with van der Waals surface area (Å²) in [5.74, 6) is 0.713. The fraction of sp³-hybridized carbons (Fsp3) is 0. The molecule has 0 aliphatic carbocycles. The number of rotatable bonds is 1. The van der Waals surface area contributed by atoms with Gasteiger partial charge in [0.2, 0.25) is 0 Å². The highest BCUT2D eigenvalue weighted by Gasteiger charge is 2.19. The van der Waals surface area contributed by atoms with E-state index in [-0.39, 0.29) is 0 Å². The van der Waals surface area contributed by atoms with Gasteiger partial charge in [-0.05, 0) is 6.08 Å². The Bertz CT molecular complexity index is 685. The highest BCUT2D eigenvalue weighted by Crippen LogP contribution is 2.25. The largest absolute Gasteiger partial charge is 0.298 e. The number of aliphatic imine (C=N–C) groups is 2. The second-order valence-electron chi connectivity index (χ2n) is 4.01. The molecular formula is C15H10N4. The van der Waals surface area contributed by atoms with Crippen LogP contribution < -0.4 is 0 Å². The molecule has 0 fully saturated rings. The van der Waals surface area contributed by atoms with Crippen molar-refractivity contribution < 1.29 is 0 Å². The van der Waals surface area contributed by atoms with Crippen molar-refractivity contribution in [1.29, 1.82) is 5.26 Å². The van der Waals surface area contributed by atoms with Crippen molar-refractivity contribution >= 4 is 17.7 Å². The molecule has 0 saturated carbocycles. The van der Waals surface area contributed by atoms with E-state index in [9.17, 15) is 0 Å². The van der Waals surface area contributed by atoms with E-state index in [4.69, 9.17) is 5.26 Å². The third kappa shape index (κ3) is 2.09. The predicted octanol–water partition coefficient (Wildman–Crippen LogP) is 2.70. The molecule has 2 heterocycles. The van der Waals surface area contributed by atoms with Crippen LogP contribution >= 0.6 is 0 Å². The smallest absolute Gasteiger partial charge is 0.156 e. The van der Waals surface area contributed by atoms with E-state index < -0.39 is 0 Å². The zero-order valence-corrected chi connectivity index (χ0v) is 10.1. The standard InChI is InChI=1S/C15H10N4/c16-7-6-13-10-14(12-4-2-1-3-5-12)18-15-11-17-8-9-19(13)15/h1-6,8-11H/b13-6-. The molecule has 0 aromatic heterocycles. The quantitative estimate of drug-likeness (QED) is 0.715. The molecule has 0 radical (unpaired) electrons. The van der Waals surface area contributed by atoms with Gasteiger partial charge in [-0.15, -0.1) is 0 Å². The van der Waals surface area contributed by atoms with Gasteiger partial charge in [-0.2, -0.15) is 5.26 Å². The summed E-state index contributed by atoms with van der Waals surface area (Å²) in [5.41, 5.74) is 2.63. The highest BCUT2D eigenvalue weighted by molar-refractivity contribution is 6.32. The third-order valence-corrected chi connectivity index (χ3v) is 2.82. The average molecular weight is 246 g/mol. The first-order valence-electron chi connectivity index (χ1n) is 5.83. The Kier molecular flexibility index (Phi) is 2.79. The molecular weight excluding hydrogens is 236 g/mol. The van der Waals surface area contributed by atoms with Gasteiger partial charge in [0.1, 0.15) is 0 Å².